The third-order valence-corrected chi connectivity index (χ3v) is 4.39. The first kappa shape index (κ1) is 16.6. The van der Waals surface area contributed by atoms with E-state index >= 15 is 0 Å². The van der Waals surface area contributed by atoms with Crippen molar-refractivity contribution in [1.82, 2.24) is 20.0 Å². The number of nitrogens with zero attached hydrogens (tertiary/aromatic N) is 4. The molecule has 0 bridgehead atoms. The van der Waals surface area contributed by atoms with Gasteiger partial charge in [0.05, 0.1) is 22.5 Å². The summed E-state index contributed by atoms with van der Waals surface area (Å²) in [5.41, 5.74) is 1.14. The van der Waals surface area contributed by atoms with Crippen molar-refractivity contribution in [2.45, 2.75) is 20.3 Å². The van der Waals surface area contributed by atoms with Gasteiger partial charge in [-0.3, -0.25) is 10.1 Å². The zero-order valence-electron chi connectivity index (χ0n) is 13.2. The van der Waals surface area contributed by atoms with E-state index in [0.29, 0.717) is 27.3 Å². The number of carbonyl (C=O) groups is 1. The molecular formula is C16H16ClN5OS. The first-order chi connectivity index (χ1) is 11.5. The van der Waals surface area contributed by atoms with Crippen molar-refractivity contribution in [3.8, 4) is 5.69 Å². The Balaban J connectivity index is 1.72. The third kappa shape index (κ3) is 3.80. The predicted octanol–water partition coefficient (Wildman–Crippen LogP) is 3.83. The summed E-state index contributed by atoms with van der Waals surface area (Å²) in [6.45, 7) is 4.23. The quantitative estimate of drug-likeness (QED) is 0.749. The van der Waals surface area contributed by atoms with Gasteiger partial charge in [0.25, 0.3) is 5.91 Å². The SMILES string of the molecule is CC(C)Cc1nnc(NC(=O)c2cnn(-c3ccccc3Cl)c2)s1. The second-order valence-corrected chi connectivity index (χ2v) is 7.15. The van der Waals surface area contributed by atoms with Crippen LogP contribution in [0.2, 0.25) is 5.02 Å². The van der Waals surface area contributed by atoms with Gasteiger partial charge >= 0.3 is 0 Å². The number of rotatable bonds is 5. The molecular weight excluding hydrogens is 346 g/mol. The number of para-hydroxylation sites is 1. The molecule has 0 aliphatic carbocycles. The highest BCUT2D eigenvalue weighted by atomic mass is 35.5. The highest BCUT2D eigenvalue weighted by Crippen LogP contribution is 2.21. The lowest BCUT2D eigenvalue weighted by atomic mass is 10.1. The van der Waals surface area contributed by atoms with Crippen molar-refractivity contribution in [3.63, 3.8) is 0 Å². The number of amides is 1. The number of hydrogen-bond donors (Lipinski definition) is 1. The van der Waals surface area contributed by atoms with Crippen LogP contribution in [0, 0.1) is 5.92 Å². The van der Waals surface area contributed by atoms with Crippen molar-refractivity contribution < 1.29 is 4.79 Å². The fourth-order valence-electron chi connectivity index (χ4n) is 2.11. The number of anilines is 1. The molecule has 124 valence electrons. The van der Waals surface area contributed by atoms with Crippen LogP contribution in [0.4, 0.5) is 5.13 Å². The van der Waals surface area contributed by atoms with Crippen LogP contribution in [0.1, 0.15) is 29.2 Å². The van der Waals surface area contributed by atoms with Gasteiger partial charge in [-0.2, -0.15) is 5.10 Å². The minimum absolute atomic E-state index is 0.277. The minimum atomic E-state index is -0.277. The standard InChI is InChI=1S/C16H16ClN5OS/c1-10(2)7-14-20-21-16(24-14)19-15(23)11-8-18-22(9-11)13-6-4-3-5-12(13)17/h3-6,8-10H,7H2,1-2H3,(H,19,21,23). The maximum atomic E-state index is 12.3. The molecule has 24 heavy (non-hydrogen) atoms. The Labute approximate surface area is 148 Å². The van der Waals surface area contributed by atoms with Gasteiger partial charge in [-0.05, 0) is 18.1 Å². The molecule has 2 aromatic heterocycles. The molecule has 0 atom stereocenters. The van der Waals surface area contributed by atoms with Gasteiger partial charge in [0, 0.05) is 12.6 Å². The van der Waals surface area contributed by atoms with Gasteiger partial charge in [0.1, 0.15) is 5.01 Å². The van der Waals surface area contributed by atoms with E-state index in [1.807, 2.05) is 18.2 Å². The summed E-state index contributed by atoms with van der Waals surface area (Å²) in [7, 11) is 0. The average Bonchev–Trinajstić information content (AvgIpc) is 3.17. The van der Waals surface area contributed by atoms with E-state index in [9.17, 15) is 4.79 Å². The van der Waals surface area contributed by atoms with E-state index < -0.39 is 0 Å². The Morgan fingerprint density at radius 1 is 1.33 bits per heavy atom. The molecule has 1 amide bonds. The molecule has 0 aliphatic heterocycles. The second kappa shape index (κ2) is 7.11. The summed E-state index contributed by atoms with van der Waals surface area (Å²) in [4.78, 5) is 12.3. The van der Waals surface area contributed by atoms with Gasteiger partial charge in [0.15, 0.2) is 0 Å². The van der Waals surface area contributed by atoms with Crippen LogP contribution < -0.4 is 5.32 Å². The molecule has 8 heteroatoms. The molecule has 0 saturated heterocycles. The second-order valence-electron chi connectivity index (χ2n) is 5.68. The number of aromatic nitrogens is 4. The van der Waals surface area contributed by atoms with E-state index in [2.05, 4.69) is 34.5 Å². The van der Waals surface area contributed by atoms with Gasteiger partial charge in [0.2, 0.25) is 5.13 Å². The maximum absolute atomic E-state index is 12.3. The molecule has 3 rings (SSSR count). The van der Waals surface area contributed by atoms with Crippen molar-refractivity contribution in [3.05, 3.63) is 52.3 Å². The van der Waals surface area contributed by atoms with E-state index in [4.69, 9.17) is 11.6 Å². The molecule has 2 heterocycles. The molecule has 0 fully saturated rings. The number of hydrogen-bond acceptors (Lipinski definition) is 5. The fourth-order valence-corrected chi connectivity index (χ4v) is 3.28. The Kier molecular flexibility index (Phi) is 4.92. The van der Waals surface area contributed by atoms with Crippen LogP contribution in [0.25, 0.3) is 5.69 Å². The summed E-state index contributed by atoms with van der Waals surface area (Å²) in [6.07, 6.45) is 3.97. The van der Waals surface area contributed by atoms with Crippen LogP contribution in [0.3, 0.4) is 0 Å². The number of carbonyl (C=O) groups excluding carboxylic acids is 1. The van der Waals surface area contributed by atoms with Gasteiger partial charge in [-0.15, -0.1) is 10.2 Å². The van der Waals surface area contributed by atoms with Crippen molar-refractivity contribution in [2.24, 2.45) is 5.92 Å². The summed E-state index contributed by atoms with van der Waals surface area (Å²) in [6, 6.07) is 7.31. The molecule has 0 radical (unpaired) electrons. The molecule has 6 nitrogen and oxygen atoms in total. The Morgan fingerprint density at radius 3 is 2.88 bits per heavy atom. The monoisotopic (exact) mass is 361 g/mol. The normalized spacial score (nSPS) is 11.0. The Hall–Kier alpha value is -2.25. The zero-order chi connectivity index (χ0) is 17.1. The van der Waals surface area contributed by atoms with E-state index in [1.54, 1.807) is 16.9 Å². The minimum Gasteiger partial charge on any atom is -0.296 e. The van der Waals surface area contributed by atoms with Crippen molar-refractivity contribution in [1.29, 1.82) is 0 Å². The van der Waals surface area contributed by atoms with Crippen LogP contribution in [-0.4, -0.2) is 25.9 Å². The molecule has 1 aromatic carbocycles. The highest BCUT2D eigenvalue weighted by molar-refractivity contribution is 7.15. The van der Waals surface area contributed by atoms with Crippen LogP contribution in [0.5, 0.6) is 0 Å². The average molecular weight is 362 g/mol. The fraction of sp³-hybridized carbons (Fsp3) is 0.250. The van der Waals surface area contributed by atoms with E-state index in [0.717, 1.165) is 11.4 Å². The zero-order valence-corrected chi connectivity index (χ0v) is 14.8. The molecule has 0 unspecified atom stereocenters. The third-order valence-electron chi connectivity index (χ3n) is 3.21. The Bertz CT molecular complexity index is 858. The summed E-state index contributed by atoms with van der Waals surface area (Å²) in [5, 5.41) is 17.0. The number of nitrogens with one attached hydrogen (secondary N) is 1. The van der Waals surface area contributed by atoms with Crippen LogP contribution in [0.15, 0.2) is 36.7 Å². The molecule has 0 saturated carbocycles. The lowest BCUT2D eigenvalue weighted by Gasteiger charge is -2.02. The first-order valence-electron chi connectivity index (χ1n) is 7.46. The van der Waals surface area contributed by atoms with Crippen molar-refractivity contribution >= 4 is 34.0 Å². The molecule has 1 N–H and O–H groups in total. The highest BCUT2D eigenvalue weighted by Gasteiger charge is 2.14. The van der Waals surface area contributed by atoms with Gasteiger partial charge in [-0.25, -0.2) is 4.68 Å². The summed E-state index contributed by atoms with van der Waals surface area (Å²) < 4.78 is 1.57. The lowest BCUT2D eigenvalue weighted by molar-refractivity contribution is 0.102. The number of benzene rings is 1. The van der Waals surface area contributed by atoms with E-state index in [-0.39, 0.29) is 5.91 Å². The van der Waals surface area contributed by atoms with Gasteiger partial charge < -0.3 is 0 Å². The lowest BCUT2D eigenvalue weighted by Crippen LogP contribution is -2.10. The van der Waals surface area contributed by atoms with Crippen LogP contribution >= 0.6 is 22.9 Å². The molecule has 0 aliphatic rings. The summed E-state index contributed by atoms with van der Waals surface area (Å²) >= 11 is 7.53. The smallest absolute Gasteiger partial charge is 0.260 e. The van der Waals surface area contributed by atoms with Gasteiger partial charge in [-0.1, -0.05) is 48.9 Å². The number of halogens is 1. The largest absolute Gasteiger partial charge is 0.296 e. The van der Waals surface area contributed by atoms with E-state index in [1.165, 1.54) is 17.5 Å². The molecule has 3 aromatic rings. The first-order valence-corrected chi connectivity index (χ1v) is 8.65. The predicted molar refractivity (Wildman–Crippen MR) is 95.0 cm³/mol. The maximum Gasteiger partial charge on any atom is 0.260 e. The van der Waals surface area contributed by atoms with Crippen LogP contribution in [-0.2, 0) is 6.42 Å². The Morgan fingerprint density at radius 2 is 2.12 bits per heavy atom. The molecule has 0 spiro atoms. The topological polar surface area (TPSA) is 72.7 Å². The summed E-state index contributed by atoms with van der Waals surface area (Å²) in [5.74, 6) is 0.218. The van der Waals surface area contributed by atoms with Crippen molar-refractivity contribution in [2.75, 3.05) is 5.32 Å².